The van der Waals surface area contributed by atoms with Gasteiger partial charge in [-0.05, 0) is 18.1 Å². The van der Waals surface area contributed by atoms with Crippen molar-refractivity contribution >= 4 is 33.4 Å². The van der Waals surface area contributed by atoms with Gasteiger partial charge in [0, 0.05) is 24.5 Å². The summed E-state index contributed by atoms with van der Waals surface area (Å²) in [6, 6.07) is 12.8. The number of pyridine rings is 1. The van der Waals surface area contributed by atoms with Gasteiger partial charge in [0.15, 0.2) is 5.13 Å². The second-order valence-corrected chi connectivity index (χ2v) is 8.51. The molecular formula is C22H21N5O3S. The number of benzene rings is 1. The van der Waals surface area contributed by atoms with E-state index in [0.717, 1.165) is 20.7 Å². The number of nitrogens with one attached hydrogen (secondary N) is 1. The van der Waals surface area contributed by atoms with E-state index in [9.17, 15) is 14.4 Å². The lowest BCUT2D eigenvalue weighted by molar-refractivity contribution is 0.102. The first-order valence-corrected chi connectivity index (χ1v) is 10.5. The Morgan fingerprint density at radius 1 is 1.00 bits per heavy atom. The quantitative estimate of drug-likeness (QED) is 0.531. The molecule has 4 rings (SSSR count). The zero-order valence-corrected chi connectivity index (χ0v) is 18.4. The number of hydrogen-bond acceptors (Lipinski definition) is 6. The van der Waals surface area contributed by atoms with Gasteiger partial charge in [0.25, 0.3) is 11.5 Å². The van der Waals surface area contributed by atoms with Crippen molar-refractivity contribution in [2.24, 2.45) is 14.1 Å². The summed E-state index contributed by atoms with van der Waals surface area (Å²) in [4.78, 5) is 47.3. The van der Waals surface area contributed by atoms with Gasteiger partial charge in [-0.25, -0.2) is 14.8 Å². The second-order valence-electron chi connectivity index (χ2n) is 7.48. The Labute approximate surface area is 181 Å². The molecule has 0 aliphatic carbocycles. The van der Waals surface area contributed by atoms with Crippen LogP contribution in [0.4, 0.5) is 5.13 Å². The summed E-state index contributed by atoms with van der Waals surface area (Å²) < 4.78 is 2.26. The lowest BCUT2D eigenvalue weighted by atomic mass is 10.1. The van der Waals surface area contributed by atoms with Crippen LogP contribution in [0.15, 0.2) is 52.1 Å². The summed E-state index contributed by atoms with van der Waals surface area (Å²) in [6.07, 6.45) is 0. The Balaban J connectivity index is 1.71. The maximum atomic E-state index is 12.9. The van der Waals surface area contributed by atoms with E-state index in [1.807, 2.05) is 30.3 Å². The highest BCUT2D eigenvalue weighted by Crippen LogP contribution is 2.36. The summed E-state index contributed by atoms with van der Waals surface area (Å²) in [5.41, 5.74) is 1.13. The first kappa shape index (κ1) is 20.7. The van der Waals surface area contributed by atoms with Crippen LogP contribution in [0.5, 0.6) is 0 Å². The highest BCUT2D eigenvalue weighted by Gasteiger charge is 2.19. The molecule has 8 nitrogen and oxygen atoms in total. The highest BCUT2D eigenvalue weighted by atomic mass is 32.1. The molecule has 0 saturated heterocycles. The standard InChI is InChI=1S/C22H21N5O3S/c1-12(2)17-16(13-8-6-5-7-9-13)24-21(31-17)25-19(28)15-11-10-14-18(23-15)26(3)22(30)27(4)20(14)29/h5-12H,1-4H3,(H,24,25,28). The molecule has 4 aromatic rings. The molecule has 3 heterocycles. The minimum absolute atomic E-state index is 0.0957. The van der Waals surface area contributed by atoms with Crippen LogP contribution in [-0.4, -0.2) is 25.0 Å². The van der Waals surface area contributed by atoms with Crippen molar-refractivity contribution in [1.82, 2.24) is 19.1 Å². The van der Waals surface area contributed by atoms with Crippen molar-refractivity contribution in [3.63, 3.8) is 0 Å². The van der Waals surface area contributed by atoms with Crippen molar-refractivity contribution in [3.05, 3.63) is 73.9 Å². The average Bonchev–Trinajstić information content (AvgIpc) is 3.20. The number of carbonyl (C=O) groups is 1. The van der Waals surface area contributed by atoms with Crippen LogP contribution in [0.2, 0.25) is 0 Å². The topological polar surface area (TPSA) is 98.9 Å². The van der Waals surface area contributed by atoms with E-state index in [0.29, 0.717) is 5.13 Å². The predicted molar refractivity (Wildman–Crippen MR) is 122 cm³/mol. The number of thiazole rings is 1. The molecule has 0 unspecified atom stereocenters. The second kappa shape index (κ2) is 7.92. The number of anilines is 1. The molecule has 1 N–H and O–H groups in total. The zero-order valence-electron chi connectivity index (χ0n) is 17.5. The van der Waals surface area contributed by atoms with E-state index in [1.165, 1.54) is 42.1 Å². The van der Waals surface area contributed by atoms with E-state index in [1.54, 1.807) is 0 Å². The molecule has 9 heteroatoms. The lowest BCUT2D eigenvalue weighted by Gasteiger charge is -2.08. The Kier molecular flexibility index (Phi) is 5.28. The van der Waals surface area contributed by atoms with Crippen LogP contribution < -0.4 is 16.6 Å². The van der Waals surface area contributed by atoms with Crippen LogP contribution in [0.1, 0.15) is 35.1 Å². The predicted octanol–water partition coefficient (Wildman–Crippen LogP) is 3.13. The summed E-state index contributed by atoms with van der Waals surface area (Å²) in [6.45, 7) is 4.16. The van der Waals surface area contributed by atoms with E-state index in [2.05, 4.69) is 29.1 Å². The zero-order chi connectivity index (χ0) is 22.3. The molecule has 0 aliphatic rings. The average molecular weight is 436 g/mol. The van der Waals surface area contributed by atoms with Gasteiger partial charge in [-0.1, -0.05) is 44.2 Å². The molecule has 0 spiro atoms. The van der Waals surface area contributed by atoms with Crippen LogP contribution in [0.3, 0.4) is 0 Å². The summed E-state index contributed by atoms with van der Waals surface area (Å²) in [7, 11) is 2.92. The van der Waals surface area contributed by atoms with Crippen LogP contribution in [-0.2, 0) is 14.1 Å². The molecule has 1 amide bonds. The largest absolute Gasteiger partial charge is 0.332 e. The molecule has 0 bridgehead atoms. The Morgan fingerprint density at radius 3 is 2.39 bits per heavy atom. The summed E-state index contributed by atoms with van der Waals surface area (Å²) in [5.74, 6) is -0.221. The van der Waals surface area contributed by atoms with Crippen molar-refractivity contribution in [2.45, 2.75) is 19.8 Å². The molecule has 3 aromatic heterocycles. The molecule has 0 saturated carbocycles. The van der Waals surface area contributed by atoms with Gasteiger partial charge in [-0.2, -0.15) is 0 Å². The number of amides is 1. The van der Waals surface area contributed by atoms with E-state index < -0.39 is 17.2 Å². The Morgan fingerprint density at radius 2 is 1.71 bits per heavy atom. The van der Waals surface area contributed by atoms with E-state index in [-0.39, 0.29) is 22.6 Å². The van der Waals surface area contributed by atoms with Crippen molar-refractivity contribution in [2.75, 3.05) is 5.32 Å². The van der Waals surface area contributed by atoms with Crippen LogP contribution in [0, 0.1) is 0 Å². The first-order chi connectivity index (χ1) is 14.8. The lowest BCUT2D eigenvalue weighted by Crippen LogP contribution is -2.37. The van der Waals surface area contributed by atoms with E-state index >= 15 is 0 Å². The monoisotopic (exact) mass is 435 g/mol. The van der Waals surface area contributed by atoms with Crippen LogP contribution >= 0.6 is 11.3 Å². The molecule has 0 fully saturated rings. The third kappa shape index (κ3) is 3.68. The number of hydrogen-bond donors (Lipinski definition) is 1. The SMILES string of the molecule is CC(C)c1sc(NC(=O)c2ccc3c(=O)n(C)c(=O)n(C)c3n2)nc1-c1ccccc1. The first-order valence-electron chi connectivity index (χ1n) is 9.72. The third-order valence-electron chi connectivity index (χ3n) is 4.98. The van der Waals surface area contributed by atoms with Crippen LogP contribution in [0.25, 0.3) is 22.3 Å². The minimum Gasteiger partial charge on any atom is -0.296 e. The summed E-state index contributed by atoms with van der Waals surface area (Å²) >= 11 is 1.42. The molecular weight excluding hydrogens is 414 g/mol. The van der Waals surface area contributed by atoms with Gasteiger partial charge in [0.05, 0.1) is 11.1 Å². The normalized spacial score (nSPS) is 11.3. The fourth-order valence-electron chi connectivity index (χ4n) is 3.32. The number of aryl methyl sites for hydroxylation is 1. The maximum absolute atomic E-state index is 12.9. The van der Waals surface area contributed by atoms with Gasteiger partial charge in [-0.3, -0.25) is 24.0 Å². The molecule has 1 aromatic carbocycles. The Hall–Kier alpha value is -3.59. The number of carbonyl (C=O) groups excluding carboxylic acids is 1. The third-order valence-corrected chi connectivity index (χ3v) is 6.25. The van der Waals surface area contributed by atoms with Crippen molar-refractivity contribution < 1.29 is 4.79 Å². The number of aromatic nitrogens is 4. The summed E-state index contributed by atoms with van der Waals surface area (Å²) in [5, 5.41) is 3.54. The molecule has 158 valence electrons. The van der Waals surface area contributed by atoms with Gasteiger partial charge in [-0.15, -0.1) is 11.3 Å². The minimum atomic E-state index is -0.503. The van der Waals surface area contributed by atoms with Crippen molar-refractivity contribution in [3.8, 4) is 11.3 Å². The van der Waals surface area contributed by atoms with Gasteiger partial charge in [0.1, 0.15) is 11.3 Å². The molecule has 31 heavy (non-hydrogen) atoms. The number of fused-ring (bicyclic) bond motifs is 1. The molecule has 0 atom stereocenters. The number of rotatable bonds is 4. The Bertz CT molecular complexity index is 1420. The fourth-order valence-corrected chi connectivity index (χ4v) is 4.31. The van der Waals surface area contributed by atoms with Gasteiger partial charge in [0.2, 0.25) is 0 Å². The van der Waals surface area contributed by atoms with Gasteiger partial charge >= 0.3 is 5.69 Å². The number of nitrogens with zero attached hydrogens (tertiary/aromatic N) is 4. The fraction of sp³-hybridized carbons (Fsp3) is 0.227. The molecule has 0 aliphatic heterocycles. The highest BCUT2D eigenvalue weighted by molar-refractivity contribution is 7.16. The maximum Gasteiger partial charge on any atom is 0.332 e. The van der Waals surface area contributed by atoms with Gasteiger partial charge < -0.3 is 0 Å². The van der Waals surface area contributed by atoms with Crippen molar-refractivity contribution in [1.29, 1.82) is 0 Å². The van der Waals surface area contributed by atoms with E-state index in [4.69, 9.17) is 0 Å². The smallest absolute Gasteiger partial charge is 0.296 e. The molecule has 0 radical (unpaired) electrons.